The summed E-state index contributed by atoms with van der Waals surface area (Å²) >= 11 is 7.32. The Morgan fingerprint density at radius 2 is 1.65 bits per heavy atom. The SMILES string of the molecule is CCOc1cc(/C=N\NC(=O)COc2ccc(C3SCCS3)cc2)c(Br)cc1OCC(=O)Nc1ccc(F)cc1. The van der Waals surface area contributed by atoms with E-state index < -0.39 is 17.6 Å². The van der Waals surface area contributed by atoms with Crippen LogP contribution in [0.4, 0.5) is 10.1 Å². The average molecular weight is 649 g/mol. The fraction of sp³-hybridized carbons (Fsp3) is 0.250. The van der Waals surface area contributed by atoms with E-state index in [1.807, 2.05) is 54.7 Å². The molecule has 210 valence electrons. The number of nitrogens with one attached hydrogen (secondary N) is 2. The summed E-state index contributed by atoms with van der Waals surface area (Å²) < 4.78 is 31.0. The van der Waals surface area contributed by atoms with Crippen LogP contribution in [0.25, 0.3) is 0 Å². The quantitative estimate of drug-likeness (QED) is 0.183. The average Bonchev–Trinajstić information content (AvgIpc) is 3.49. The molecule has 8 nitrogen and oxygen atoms in total. The molecule has 1 aliphatic rings. The van der Waals surface area contributed by atoms with E-state index in [0.29, 0.717) is 44.2 Å². The first-order valence-corrected chi connectivity index (χ1v) is 15.2. The molecule has 0 unspecified atom stereocenters. The highest BCUT2D eigenvalue weighted by atomic mass is 79.9. The van der Waals surface area contributed by atoms with Crippen molar-refractivity contribution in [3.05, 3.63) is 82.1 Å². The normalized spacial score (nSPS) is 13.3. The van der Waals surface area contributed by atoms with Crippen molar-refractivity contribution in [1.82, 2.24) is 5.43 Å². The lowest BCUT2D eigenvalue weighted by Gasteiger charge is -2.14. The molecule has 3 aromatic carbocycles. The minimum absolute atomic E-state index is 0.179. The Morgan fingerprint density at radius 3 is 2.35 bits per heavy atom. The van der Waals surface area contributed by atoms with Gasteiger partial charge in [0.05, 0.1) is 17.4 Å². The second kappa shape index (κ2) is 15.0. The minimum atomic E-state index is -0.413. The van der Waals surface area contributed by atoms with Gasteiger partial charge in [-0.1, -0.05) is 12.1 Å². The van der Waals surface area contributed by atoms with Crippen LogP contribution in [-0.4, -0.2) is 49.4 Å². The van der Waals surface area contributed by atoms with Gasteiger partial charge in [0.2, 0.25) is 0 Å². The van der Waals surface area contributed by atoms with Gasteiger partial charge in [-0.15, -0.1) is 23.5 Å². The van der Waals surface area contributed by atoms with Crippen LogP contribution in [0.2, 0.25) is 0 Å². The molecule has 1 aliphatic heterocycles. The summed E-state index contributed by atoms with van der Waals surface area (Å²) in [6.45, 7) is 1.72. The number of rotatable bonds is 12. The van der Waals surface area contributed by atoms with Gasteiger partial charge in [0, 0.05) is 27.2 Å². The van der Waals surface area contributed by atoms with Crippen molar-refractivity contribution in [2.45, 2.75) is 11.5 Å². The number of carbonyl (C=O) groups excluding carboxylic acids is 2. The van der Waals surface area contributed by atoms with Gasteiger partial charge in [-0.3, -0.25) is 9.59 Å². The van der Waals surface area contributed by atoms with Crippen LogP contribution in [0.1, 0.15) is 22.6 Å². The summed E-state index contributed by atoms with van der Waals surface area (Å²) in [5, 5.41) is 6.65. The number of nitrogens with zero attached hydrogens (tertiary/aromatic N) is 1. The van der Waals surface area contributed by atoms with Crippen LogP contribution in [-0.2, 0) is 9.59 Å². The van der Waals surface area contributed by atoms with E-state index in [1.165, 1.54) is 36.0 Å². The topological polar surface area (TPSA) is 98.2 Å². The zero-order chi connectivity index (χ0) is 28.3. The Bertz CT molecular complexity index is 1340. The van der Waals surface area contributed by atoms with Crippen LogP contribution in [0.5, 0.6) is 17.2 Å². The van der Waals surface area contributed by atoms with Gasteiger partial charge in [0.25, 0.3) is 11.8 Å². The van der Waals surface area contributed by atoms with E-state index in [4.69, 9.17) is 14.2 Å². The van der Waals surface area contributed by atoms with Gasteiger partial charge in [-0.25, -0.2) is 9.82 Å². The fourth-order valence-electron chi connectivity index (χ4n) is 3.53. The number of hydrogen-bond acceptors (Lipinski definition) is 8. The molecule has 0 atom stereocenters. The van der Waals surface area contributed by atoms with Crippen molar-refractivity contribution in [1.29, 1.82) is 0 Å². The monoisotopic (exact) mass is 647 g/mol. The van der Waals surface area contributed by atoms with Crippen LogP contribution in [0.3, 0.4) is 0 Å². The summed E-state index contributed by atoms with van der Waals surface area (Å²) in [7, 11) is 0. The van der Waals surface area contributed by atoms with E-state index in [9.17, 15) is 14.0 Å². The van der Waals surface area contributed by atoms with Gasteiger partial charge in [0.1, 0.15) is 11.6 Å². The number of carbonyl (C=O) groups is 2. The Kier molecular flexibility index (Phi) is 11.1. The molecule has 40 heavy (non-hydrogen) atoms. The lowest BCUT2D eigenvalue weighted by atomic mass is 10.2. The van der Waals surface area contributed by atoms with E-state index in [2.05, 4.69) is 31.8 Å². The third kappa shape index (κ3) is 8.90. The summed E-state index contributed by atoms with van der Waals surface area (Å²) in [6, 6.07) is 16.5. The Hall–Kier alpha value is -3.22. The number of hydrazone groups is 1. The highest BCUT2D eigenvalue weighted by molar-refractivity contribution is 9.10. The van der Waals surface area contributed by atoms with Crippen molar-refractivity contribution in [2.75, 3.05) is 36.6 Å². The number of benzene rings is 3. The largest absolute Gasteiger partial charge is 0.490 e. The third-order valence-corrected chi connectivity index (χ3v) is 9.18. The minimum Gasteiger partial charge on any atom is -0.490 e. The molecule has 0 radical (unpaired) electrons. The molecule has 3 aromatic rings. The summed E-state index contributed by atoms with van der Waals surface area (Å²) in [5.74, 6) is 2.46. The maximum absolute atomic E-state index is 13.1. The molecule has 4 rings (SSSR count). The summed E-state index contributed by atoms with van der Waals surface area (Å²) in [6.07, 6.45) is 1.46. The highest BCUT2D eigenvalue weighted by Crippen LogP contribution is 2.45. The van der Waals surface area contributed by atoms with E-state index in [1.54, 1.807) is 12.1 Å². The fourth-order valence-corrected chi connectivity index (χ4v) is 6.82. The van der Waals surface area contributed by atoms with Crippen molar-refractivity contribution < 1.29 is 28.2 Å². The predicted molar refractivity (Wildman–Crippen MR) is 161 cm³/mol. The molecule has 0 spiro atoms. The maximum Gasteiger partial charge on any atom is 0.277 e. The van der Waals surface area contributed by atoms with Crippen molar-refractivity contribution >= 4 is 63.2 Å². The highest BCUT2D eigenvalue weighted by Gasteiger charge is 2.18. The van der Waals surface area contributed by atoms with Crippen molar-refractivity contribution in [3.63, 3.8) is 0 Å². The smallest absolute Gasteiger partial charge is 0.277 e. The molecule has 0 bridgehead atoms. The van der Waals surface area contributed by atoms with E-state index in [-0.39, 0.29) is 13.2 Å². The number of anilines is 1. The first-order chi connectivity index (χ1) is 19.4. The van der Waals surface area contributed by atoms with Crippen LogP contribution >= 0.6 is 39.5 Å². The standard InChI is InChI=1S/C28H27BrFN3O5S2/c1-2-36-24-13-19(23(29)14-25(24)38-16-26(34)32-21-7-5-20(30)6-8-21)15-31-33-27(35)17-37-22-9-3-18(4-10-22)28-39-11-12-40-28/h3-10,13-15,28H,2,11-12,16-17H2,1H3,(H,32,34)(H,33,35)/b31-15-. The van der Waals surface area contributed by atoms with Gasteiger partial charge in [0.15, 0.2) is 24.7 Å². The molecule has 2 N–H and O–H groups in total. The van der Waals surface area contributed by atoms with Gasteiger partial charge < -0.3 is 19.5 Å². The Morgan fingerprint density at radius 1 is 0.975 bits per heavy atom. The number of ether oxygens (including phenoxy) is 3. The Labute approximate surface area is 248 Å². The predicted octanol–water partition coefficient (Wildman–Crippen LogP) is 6.01. The van der Waals surface area contributed by atoms with Crippen LogP contribution in [0.15, 0.2) is 70.2 Å². The molecule has 2 amide bonds. The van der Waals surface area contributed by atoms with Gasteiger partial charge in [-0.05, 0) is 76.9 Å². The first kappa shape index (κ1) is 29.8. The number of halogens is 2. The molecule has 1 heterocycles. The molecule has 0 aromatic heterocycles. The molecule has 1 fully saturated rings. The van der Waals surface area contributed by atoms with E-state index in [0.717, 1.165) is 11.5 Å². The molecular formula is C28H27BrFN3O5S2. The van der Waals surface area contributed by atoms with Gasteiger partial charge in [-0.2, -0.15) is 5.10 Å². The molecule has 0 saturated carbocycles. The lowest BCUT2D eigenvalue weighted by molar-refractivity contribution is -0.123. The molecule has 0 aliphatic carbocycles. The zero-order valence-electron chi connectivity index (χ0n) is 21.5. The zero-order valence-corrected chi connectivity index (χ0v) is 24.7. The third-order valence-electron chi connectivity index (χ3n) is 5.39. The molecule has 1 saturated heterocycles. The summed E-state index contributed by atoms with van der Waals surface area (Å²) in [5.41, 5.74) is 4.76. The number of amides is 2. The second-order valence-corrected chi connectivity index (χ2v) is 11.9. The molecular weight excluding hydrogens is 621 g/mol. The van der Waals surface area contributed by atoms with Crippen molar-refractivity contribution in [3.8, 4) is 17.2 Å². The summed E-state index contributed by atoms with van der Waals surface area (Å²) in [4.78, 5) is 24.5. The molecule has 12 heteroatoms. The second-order valence-electron chi connectivity index (χ2n) is 8.32. The van der Waals surface area contributed by atoms with Crippen molar-refractivity contribution in [2.24, 2.45) is 5.10 Å². The number of thioether (sulfide) groups is 2. The van der Waals surface area contributed by atoms with E-state index >= 15 is 0 Å². The van der Waals surface area contributed by atoms with Crippen LogP contribution < -0.4 is 25.0 Å². The first-order valence-electron chi connectivity index (χ1n) is 12.3. The van der Waals surface area contributed by atoms with Crippen LogP contribution in [0, 0.1) is 5.82 Å². The van der Waals surface area contributed by atoms with Gasteiger partial charge >= 0.3 is 0 Å². The number of hydrogen-bond donors (Lipinski definition) is 2. The maximum atomic E-state index is 13.1. The Balaban J connectivity index is 1.28. The lowest BCUT2D eigenvalue weighted by Crippen LogP contribution is -2.24.